The second-order valence-electron chi connectivity index (χ2n) is 7.17. The molecule has 0 aliphatic carbocycles. The maximum atomic E-state index is 11.0. The number of fused-ring (bicyclic) bond motifs is 3. The normalized spacial score (nSPS) is 27.6. The second-order valence-corrected chi connectivity index (χ2v) is 7.17. The third kappa shape index (κ3) is 3.44. The number of hydrogen-bond donors (Lipinski definition) is 1. The number of rotatable bonds is 2. The summed E-state index contributed by atoms with van der Waals surface area (Å²) >= 11 is 0. The van der Waals surface area contributed by atoms with E-state index in [-0.39, 0.29) is 0 Å². The first-order valence-electron chi connectivity index (χ1n) is 8.97. The van der Waals surface area contributed by atoms with Gasteiger partial charge in [0.15, 0.2) is 0 Å². The molecule has 0 amide bonds. The van der Waals surface area contributed by atoms with E-state index < -0.39 is 5.60 Å². The number of nitrogens with zero attached hydrogens (tertiary/aromatic N) is 3. The molecule has 2 aromatic heterocycles. The van der Waals surface area contributed by atoms with Crippen LogP contribution in [0.3, 0.4) is 0 Å². The van der Waals surface area contributed by atoms with Crippen LogP contribution in [-0.4, -0.2) is 45.2 Å². The van der Waals surface area contributed by atoms with E-state index in [4.69, 9.17) is 0 Å². The van der Waals surface area contributed by atoms with Gasteiger partial charge in [0.05, 0.1) is 5.69 Å². The maximum Gasteiger partial charge on any atom is 0.141 e. The highest BCUT2D eigenvalue weighted by Crippen LogP contribution is 2.35. The Morgan fingerprint density at radius 2 is 2.08 bits per heavy atom. The fourth-order valence-corrected chi connectivity index (χ4v) is 3.89. The minimum absolute atomic E-state index is 0.294. The Morgan fingerprint density at radius 3 is 2.76 bits per heavy atom. The van der Waals surface area contributed by atoms with Gasteiger partial charge in [0.2, 0.25) is 0 Å². The smallest absolute Gasteiger partial charge is 0.141 e. The van der Waals surface area contributed by atoms with Crippen LogP contribution in [0, 0.1) is 24.7 Å². The molecule has 0 saturated carbocycles. The molecular formula is C21H23N3O. The van der Waals surface area contributed by atoms with E-state index >= 15 is 0 Å². The van der Waals surface area contributed by atoms with Crippen LogP contribution in [-0.2, 0) is 6.42 Å². The van der Waals surface area contributed by atoms with Crippen molar-refractivity contribution < 1.29 is 5.11 Å². The number of aryl methyl sites for hydroxylation is 1. The van der Waals surface area contributed by atoms with Crippen LogP contribution in [0.2, 0.25) is 0 Å². The molecule has 0 radical (unpaired) electrons. The van der Waals surface area contributed by atoms with Crippen LogP contribution in [0.5, 0.6) is 0 Å². The van der Waals surface area contributed by atoms with Crippen LogP contribution in [0.15, 0.2) is 36.5 Å². The summed E-state index contributed by atoms with van der Waals surface area (Å²) in [5.41, 5.74) is 2.88. The van der Waals surface area contributed by atoms with E-state index in [1.54, 1.807) is 6.20 Å². The molecule has 3 aliphatic heterocycles. The Balaban J connectivity index is 1.63. The summed E-state index contributed by atoms with van der Waals surface area (Å²) in [6.07, 6.45) is 4.53. The highest BCUT2D eigenvalue weighted by molar-refractivity contribution is 5.42. The lowest BCUT2D eigenvalue weighted by Crippen LogP contribution is -2.58. The van der Waals surface area contributed by atoms with Gasteiger partial charge in [-0.2, -0.15) is 0 Å². The Kier molecular flexibility index (Phi) is 4.29. The molecule has 4 heteroatoms. The molecule has 25 heavy (non-hydrogen) atoms. The molecule has 5 rings (SSSR count). The second kappa shape index (κ2) is 6.59. The average molecular weight is 333 g/mol. The average Bonchev–Trinajstić information content (AvgIpc) is 2.63. The molecule has 1 N–H and O–H groups in total. The van der Waals surface area contributed by atoms with E-state index in [1.807, 2.05) is 37.3 Å². The van der Waals surface area contributed by atoms with E-state index in [2.05, 4.69) is 26.7 Å². The van der Waals surface area contributed by atoms with Crippen molar-refractivity contribution in [3.8, 4) is 11.8 Å². The van der Waals surface area contributed by atoms with Gasteiger partial charge in [-0.15, -0.1) is 0 Å². The predicted octanol–water partition coefficient (Wildman–Crippen LogP) is 2.18. The molecule has 1 atom stereocenters. The van der Waals surface area contributed by atoms with E-state index in [1.165, 1.54) is 0 Å². The Morgan fingerprint density at radius 1 is 1.24 bits per heavy atom. The first-order chi connectivity index (χ1) is 12.1. The molecule has 3 aliphatic rings. The van der Waals surface area contributed by atoms with Crippen molar-refractivity contribution in [2.24, 2.45) is 5.92 Å². The van der Waals surface area contributed by atoms with Gasteiger partial charge in [-0.05, 0) is 57.1 Å². The fourth-order valence-electron chi connectivity index (χ4n) is 3.89. The van der Waals surface area contributed by atoms with Crippen LogP contribution in [0.25, 0.3) is 0 Å². The highest BCUT2D eigenvalue weighted by Gasteiger charge is 2.44. The van der Waals surface area contributed by atoms with Crippen LogP contribution in [0.1, 0.15) is 35.5 Å². The fraction of sp³-hybridized carbons (Fsp3) is 0.429. The lowest BCUT2D eigenvalue weighted by molar-refractivity contribution is -0.0713. The van der Waals surface area contributed by atoms with Crippen molar-refractivity contribution in [3.63, 3.8) is 0 Å². The molecule has 5 heterocycles. The minimum atomic E-state index is -0.885. The molecule has 4 nitrogen and oxygen atoms in total. The molecule has 3 saturated heterocycles. The number of aromatic nitrogens is 2. The van der Waals surface area contributed by atoms with E-state index in [0.29, 0.717) is 18.9 Å². The minimum Gasteiger partial charge on any atom is -0.376 e. The van der Waals surface area contributed by atoms with Gasteiger partial charge >= 0.3 is 0 Å². The third-order valence-corrected chi connectivity index (χ3v) is 5.33. The molecule has 3 fully saturated rings. The summed E-state index contributed by atoms with van der Waals surface area (Å²) < 4.78 is 0. The van der Waals surface area contributed by atoms with Gasteiger partial charge in [0, 0.05) is 42.0 Å². The highest BCUT2D eigenvalue weighted by atomic mass is 16.3. The molecule has 0 spiro atoms. The van der Waals surface area contributed by atoms with Gasteiger partial charge in [-0.1, -0.05) is 17.9 Å². The first-order valence-corrected chi connectivity index (χ1v) is 8.97. The maximum absolute atomic E-state index is 11.0. The Bertz CT molecular complexity index is 816. The van der Waals surface area contributed by atoms with E-state index in [9.17, 15) is 5.11 Å². The number of piperidine rings is 3. The van der Waals surface area contributed by atoms with Gasteiger partial charge in [0.25, 0.3) is 0 Å². The lowest BCUT2D eigenvalue weighted by Gasteiger charge is -2.47. The zero-order valence-electron chi connectivity index (χ0n) is 14.6. The summed E-state index contributed by atoms with van der Waals surface area (Å²) in [5.74, 6) is 6.73. The summed E-state index contributed by atoms with van der Waals surface area (Å²) in [7, 11) is 0. The summed E-state index contributed by atoms with van der Waals surface area (Å²) in [6.45, 7) is 4.83. The zero-order valence-corrected chi connectivity index (χ0v) is 14.6. The predicted molar refractivity (Wildman–Crippen MR) is 97.0 cm³/mol. The topological polar surface area (TPSA) is 49.2 Å². The largest absolute Gasteiger partial charge is 0.376 e. The Hall–Kier alpha value is -2.22. The lowest BCUT2D eigenvalue weighted by atomic mass is 9.75. The summed E-state index contributed by atoms with van der Waals surface area (Å²) in [6, 6.07) is 9.89. The van der Waals surface area contributed by atoms with Gasteiger partial charge in [-0.3, -0.25) is 14.9 Å². The molecule has 1 unspecified atom stereocenters. The van der Waals surface area contributed by atoms with Gasteiger partial charge < -0.3 is 5.11 Å². The van der Waals surface area contributed by atoms with Crippen molar-refractivity contribution >= 4 is 0 Å². The van der Waals surface area contributed by atoms with Gasteiger partial charge in [0.1, 0.15) is 5.60 Å². The van der Waals surface area contributed by atoms with Crippen molar-refractivity contribution in [2.45, 2.75) is 31.8 Å². The number of aliphatic hydroxyl groups is 1. The quantitative estimate of drug-likeness (QED) is 0.856. The summed E-state index contributed by atoms with van der Waals surface area (Å²) in [5, 5.41) is 11.0. The van der Waals surface area contributed by atoms with Gasteiger partial charge in [-0.25, -0.2) is 0 Å². The van der Waals surface area contributed by atoms with E-state index in [0.717, 1.165) is 48.6 Å². The number of hydrogen-bond acceptors (Lipinski definition) is 4. The van der Waals surface area contributed by atoms with Crippen LogP contribution < -0.4 is 0 Å². The zero-order chi connectivity index (χ0) is 17.3. The monoisotopic (exact) mass is 333 g/mol. The SMILES string of the molecule is Cc1ccc(C#CC2(O)CN3CCC2CC3)c(Cc2ccccn2)n1. The molecule has 128 valence electrons. The summed E-state index contributed by atoms with van der Waals surface area (Å²) in [4.78, 5) is 11.4. The van der Waals surface area contributed by atoms with Crippen LogP contribution in [0.4, 0.5) is 0 Å². The molecule has 2 aromatic rings. The van der Waals surface area contributed by atoms with Crippen molar-refractivity contribution in [1.29, 1.82) is 0 Å². The number of pyridine rings is 2. The molecular weight excluding hydrogens is 310 g/mol. The standard InChI is InChI=1S/C21H23N3O/c1-16-5-6-17(20(23-16)14-19-4-2-3-11-22-19)7-10-21(25)15-24-12-8-18(21)9-13-24/h2-6,11,18,25H,8-9,12-15H2,1H3. The van der Waals surface area contributed by atoms with Crippen molar-refractivity contribution in [3.05, 3.63) is 59.2 Å². The van der Waals surface area contributed by atoms with Crippen LogP contribution >= 0.6 is 0 Å². The molecule has 2 bridgehead atoms. The third-order valence-electron chi connectivity index (χ3n) is 5.33. The first kappa shape index (κ1) is 16.3. The molecule has 0 aromatic carbocycles. The Labute approximate surface area is 148 Å². The van der Waals surface area contributed by atoms with Crippen molar-refractivity contribution in [2.75, 3.05) is 19.6 Å². The van der Waals surface area contributed by atoms with Crippen molar-refractivity contribution in [1.82, 2.24) is 14.9 Å².